The van der Waals surface area contributed by atoms with E-state index in [0.717, 1.165) is 26.1 Å². The number of ether oxygens (including phenoxy) is 3. The van der Waals surface area contributed by atoms with Crippen LogP contribution in [0.15, 0.2) is 0 Å². The minimum absolute atomic E-state index is 0.116. The number of nitrogens with one attached hydrogen (secondary N) is 1. The normalized spacial score (nSPS) is 23.2. The molecule has 0 radical (unpaired) electrons. The van der Waals surface area contributed by atoms with Crippen LogP contribution in [0, 0.1) is 11.3 Å². The van der Waals surface area contributed by atoms with Crippen molar-refractivity contribution in [1.82, 2.24) is 5.32 Å². The van der Waals surface area contributed by atoms with E-state index >= 15 is 0 Å². The fourth-order valence-electron chi connectivity index (χ4n) is 2.60. The number of methoxy groups -OCH3 is 2. The number of hydrogen-bond acceptors (Lipinski definition) is 5. The molecule has 2 fully saturated rings. The largest absolute Gasteiger partial charge is 0.467 e. The molecular formula is C11H17NO5. The molecule has 0 unspecified atom stereocenters. The van der Waals surface area contributed by atoms with Gasteiger partial charge in [-0.15, -0.1) is 0 Å². The molecule has 0 aromatic carbocycles. The standard InChI is InChI=1S/C11H17NO5/c1-15-9(13)8(12-10(14)16-2)7-3-11(4-7)5-17-6-11/h7-8H,3-6H2,1-2H3,(H,12,14)/t8-/m0/s1. The third kappa shape index (κ3) is 2.22. The first-order valence-corrected chi connectivity index (χ1v) is 5.60. The summed E-state index contributed by atoms with van der Waals surface area (Å²) in [6.45, 7) is 1.52. The van der Waals surface area contributed by atoms with Crippen molar-refractivity contribution in [2.45, 2.75) is 18.9 Å². The fraction of sp³-hybridized carbons (Fsp3) is 0.818. The van der Waals surface area contributed by atoms with E-state index in [2.05, 4.69) is 10.1 Å². The molecule has 1 amide bonds. The van der Waals surface area contributed by atoms with Gasteiger partial charge in [-0.25, -0.2) is 9.59 Å². The minimum Gasteiger partial charge on any atom is -0.467 e. The summed E-state index contributed by atoms with van der Waals surface area (Å²) in [6, 6.07) is -0.612. The summed E-state index contributed by atoms with van der Waals surface area (Å²) < 4.78 is 14.4. The van der Waals surface area contributed by atoms with Crippen molar-refractivity contribution in [3.8, 4) is 0 Å². The van der Waals surface area contributed by atoms with Gasteiger partial charge in [-0.05, 0) is 18.8 Å². The molecule has 6 heteroatoms. The number of hydrogen-bond donors (Lipinski definition) is 1. The Kier molecular flexibility index (Phi) is 3.24. The van der Waals surface area contributed by atoms with E-state index in [1.165, 1.54) is 14.2 Å². The molecule has 0 aromatic rings. The van der Waals surface area contributed by atoms with Gasteiger partial charge in [0.1, 0.15) is 6.04 Å². The predicted molar refractivity (Wildman–Crippen MR) is 57.3 cm³/mol. The van der Waals surface area contributed by atoms with Crippen molar-refractivity contribution in [3.63, 3.8) is 0 Å². The van der Waals surface area contributed by atoms with E-state index in [9.17, 15) is 9.59 Å². The topological polar surface area (TPSA) is 73.9 Å². The zero-order valence-electron chi connectivity index (χ0n) is 10.0. The molecule has 2 rings (SSSR count). The van der Waals surface area contributed by atoms with Crippen LogP contribution in [0.4, 0.5) is 4.79 Å². The van der Waals surface area contributed by atoms with Gasteiger partial charge < -0.3 is 19.5 Å². The quantitative estimate of drug-likeness (QED) is 0.722. The molecule has 96 valence electrons. The first-order valence-electron chi connectivity index (χ1n) is 5.60. The SMILES string of the molecule is COC(=O)N[C@H](C(=O)OC)C1CC2(COC2)C1. The van der Waals surface area contributed by atoms with Crippen LogP contribution in [-0.2, 0) is 19.0 Å². The lowest BCUT2D eigenvalue weighted by molar-refractivity contribution is -0.188. The Bertz CT molecular complexity index is 318. The highest BCUT2D eigenvalue weighted by Crippen LogP contribution is 2.51. The summed E-state index contributed by atoms with van der Waals surface area (Å²) in [7, 11) is 2.58. The lowest BCUT2D eigenvalue weighted by Crippen LogP contribution is -2.59. The Morgan fingerprint density at radius 2 is 1.94 bits per heavy atom. The summed E-state index contributed by atoms with van der Waals surface area (Å²) in [5.74, 6) is -0.305. The third-order valence-electron chi connectivity index (χ3n) is 3.59. The monoisotopic (exact) mass is 243 g/mol. The molecule has 1 aliphatic carbocycles. The lowest BCUT2D eigenvalue weighted by atomic mass is 9.58. The fourth-order valence-corrected chi connectivity index (χ4v) is 2.60. The average Bonchev–Trinajstić information content (AvgIpc) is 2.22. The van der Waals surface area contributed by atoms with Crippen molar-refractivity contribution in [2.24, 2.45) is 11.3 Å². The molecule has 6 nitrogen and oxygen atoms in total. The van der Waals surface area contributed by atoms with Crippen LogP contribution in [0.5, 0.6) is 0 Å². The van der Waals surface area contributed by atoms with Gasteiger partial charge in [0.2, 0.25) is 0 Å². The van der Waals surface area contributed by atoms with Crippen molar-refractivity contribution in [2.75, 3.05) is 27.4 Å². The first-order chi connectivity index (χ1) is 8.10. The maximum Gasteiger partial charge on any atom is 0.407 e. The van der Waals surface area contributed by atoms with Gasteiger partial charge >= 0.3 is 12.1 Å². The van der Waals surface area contributed by atoms with Crippen molar-refractivity contribution in [3.05, 3.63) is 0 Å². The number of esters is 1. The number of carbonyl (C=O) groups is 2. The zero-order chi connectivity index (χ0) is 12.5. The number of carbonyl (C=O) groups excluding carboxylic acids is 2. The van der Waals surface area contributed by atoms with Crippen molar-refractivity contribution < 1.29 is 23.8 Å². The van der Waals surface area contributed by atoms with Crippen LogP contribution in [0.1, 0.15) is 12.8 Å². The molecule has 1 spiro atoms. The van der Waals surface area contributed by atoms with E-state index in [1.54, 1.807) is 0 Å². The molecule has 0 aromatic heterocycles. The van der Waals surface area contributed by atoms with Crippen LogP contribution in [0.3, 0.4) is 0 Å². The van der Waals surface area contributed by atoms with Crippen LogP contribution >= 0.6 is 0 Å². The van der Waals surface area contributed by atoms with Crippen molar-refractivity contribution in [1.29, 1.82) is 0 Å². The molecule has 1 atom stereocenters. The van der Waals surface area contributed by atoms with Crippen LogP contribution < -0.4 is 5.32 Å². The number of amides is 1. The highest BCUT2D eigenvalue weighted by molar-refractivity contribution is 5.81. The van der Waals surface area contributed by atoms with E-state index in [-0.39, 0.29) is 11.3 Å². The summed E-state index contributed by atoms with van der Waals surface area (Å²) >= 11 is 0. The minimum atomic E-state index is -0.612. The smallest absolute Gasteiger partial charge is 0.407 e. The molecule has 1 saturated carbocycles. The molecule has 0 bridgehead atoms. The highest BCUT2D eigenvalue weighted by atomic mass is 16.5. The van der Waals surface area contributed by atoms with Gasteiger partial charge in [-0.3, -0.25) is 0 Å². The molecule has 17 heavy (non-hydrogen) atoms. The molecule has 2 aliphatic rings. The maximum absolute atomic E-state index is 11.6. The Morgan fingerprint density at radius 3 is 2.35 bits per heavy atom. The molecule has 1 heterocycles. The van der Waals surface area contributed by atoms with Gasteiger partial charge in [0, 0.05) is 5.41 Å². The third-order valence-corrected chi connectivity index (χ3v) is 3.59. The van der Waals surface area contributed by atoms with Gasteiger partial charge in [-0.1, -0.05) is 0 Å². The van der Waals surface area contributed by atoms with E-state index in [0.29, 0.717) is 0 Å². The molecule has 1 N–H and O–H groups in total. The first kappa shape index (κ1) is 12.2. The second kappa shape index (κ2) is 4.52. The molecular weight excluding hydrogens is 226 g/mol. The number of alkyl carbamates (subject to hydrolysis) is 1. The Balaban J connectivity index is 1.92. The van der Waals surface area contributed by atoms with Gasteiger partial charge in [0.05, 0.1) is 27.4 Å². The van der Waals surface area contributed by atoms with Gasteiger partial charge in [0.25, 0.3) is 0 Å². The summed E-state index contributed by atoms with van der Waals surface area (Å²) in [5, 5.41) is 2.53. The van der Waals surface area contributed by atoms with Crippen LogP contribution in [0.2, 0.25) is 0 Å². The summed E-state index contributed by atoms with van der Waals surface area (Å²) in [6.07, 6.45) is 1.17. The Morgan fingerprint density at radius 1 is 1.29 bits per heavy atom. The van der Waals surface area contributed by atoms with Crippen LogP contribution in [0.25, 0.3) is 0 Å². The van der Waals surface area contributed by atoms with E-state index in [4.69, 9.17) is 9.47 Å². The summed E-state index contributed by atoms with van der Waals surface area (Å²) in [4.78, 5) is 22.8. The highest BCUT2D eigenvalue weighted by Gasteiger charge is 2.53. The lowest BCUT2D eigenvalue weighted by Gasteiger charge is -2.54. The van der Waals surface area contributed by atoms with Crippen LogP contribution in [-0.4, -0.2) is 45.5 Å². The molecule has 1 saturated heterocycles. The zero-order valence-corrected chi connectivity index (χ0v) is 10.0. The van der Waals surface area contributed by atoms with Crippen molar-refractivity contribution >= 4 is 12.1 Å². The summed E-state index contributed by atoms with van der Waals surface area (Å²) in [5.41, 5.74) is 0.245. The second-order valence-corrected chi connectivity index (χ2v) is 4.80. The Labute approximate surface area is 99.6 Å². The Hall–Kier alpha value is -1.30. The predicted octanol–water partition coefficient (Wildman–Crippen LogP) is 0.311. The van der Waals surface area contributed by atoms with Gasteiger partial charge in [-0.2, -0.15) is 0 Å². The number of rotatable bonds is 3. The van der Waals surface area contributed by atoms with E-state index in [1.807, 2.05) is 0 Å². The van der Waals surface area contributed by atoms with E-state index < -0.39 is 18.1 Å². The van der Waals surface area contributed by atoms with Gasteiger partial charge in [0.15, 0.2) is 0 Å². The molecule has 1 aliphatic heterocycles. The average molecular weight is 243 g/mol. The second-order valence-electron chi connectivity index (χ2n) is 4.80. The maximum atomic E-state index is 11.6.